The highest BCUT2D eigenvalue weighted by atomic mass is 79.9. The van der Waals surface area contributed by atoms with Crippen LogP contribution in [-0.2, 0) is 9.59 Å². The van der Waals surface area contributed by atoms with Gasteiger partial charge >= 0.3 is 0 Å². The Labute approximate surface area is 149 Å². The summed E-state index contributed by atoms with van der Waals surface area (Å²) in [4.78, 5) is 25.0. The minimum Gasteiger partial charge on any atom is -0.497 e. The minimum atomic E-state index is -1.24. The van der Waals surface area contributed by atoms with Gasteiger partial charge in [0, 0.05) is 10.2 Å². The Morgan fingerprint density at radius 1 is 0.958 bits per heavy atom. The lowest BCUT2D eigenvalue weighted by molar-refractivity contribution is -0.135. The Balaban J connectivity index is 2.08. The van der Waals surface area contributed by atoms with E-state index in [0.717, 1.165) is 4.47 Å². The Kier molecular flexibility index (Phi) is 5.62. The zero-order valence-electron chi connectivity index (χ0n) is 13.7. The first-order valence-electron chi connectivity index (χ1n) is 7.36. The molecule has 0 aliphatic rings. The van der Waals surface area contributed by atoms with Crippen molar-refractivity contribution in [1.82, 2.24) is 0 Å². The molecule has 2 N–H and O–H groups in total. The van der Waals surface area contributed by atoms with Crippen molar-refractivity contribution in [3.8, 4) is 5.75 Å². The van der Waals surface area contributed by atoms with Crippen molar-refractivity contribution in [3.63, 3.8) is 0 Å². The third kappa shape index (κ3) is 4.14. The third-order valence-electron chi connectivity index (χ3n) is 3.61. The number of hydrogen-bond donors (Lipinski definition) is 2. The summed E-state index contributed by atoms with van der Waals surface area (Å²) in [5, 5.41) is 5.52. The van der Waals surface area contributed by atoms with Gasteiger partial charge in [-0.2, -0.15) is 0 Å². The van der Waals surface area contributed by atoms with Gasteiger partial charge in [-0.25, -0.2) is 0 Å². The van der Waals surface area contributed by atoms with Crippen LogP contribution in [0.25, 0.3) is 0 Å². The maximum absolute atomic E-state index is 12.5. The first-order valence-corrected chi connectivity index (χ1v) is 8.15. The van der Waals surface area contributed by atoms with Gasteiger partial charge < -0.3 is 15.4 Å². The summed E-state index contributed by atoms with van der Waals surface area (Å²) in [6, 6.07) is 14.2. The number of para-hydroxylation sites is 1. The van der Waals surface area contributed by atoms with E-state index in [1.807, 2.05) is 18.2 Å². The van der Waals surface area contributed by atoms with Gasteiger partial charge in [-0.05, 0) is 66.2 Å². The van der Waals surface area contributed by atoms with Crippen molar-refractivity contribution in [1.29, 1.82) is 0 Å². The quantitative estimate of drug-likeness (QED) is 0.756. The van der Waals surface area contributed by atoms with Crippen LogP contribution in [0.4, 0.5) is 11.4 Å². The monoisotopic (exact) mass is 390 g/mol. The van der Waals surface area contributed by atoms with E-state index in [9.17, 15) is 9.59 Å². The van der Waals surface area contributed by atoms with E-state index in [2.05, 4.69) is 26.6 Å². The van der Waals surface area contributed by atoms with Gasteiger partial charge in [0.05, 0.1) is 12.8 Å². The van der Waals surface area contributed by atoms with Crippen LogP contribution in [0.5, 0.6) is 5.75 Å². The summed E-state index contributed by atoms with van der Waals surface area (Å²) in [6.07, 6.45) is 0. The molecule has 0 aliphatic carbocycles. The lowest BCUT2D eigenvalue weighted by Gasteiger charge is -2.23. The van der Waals surface area contributed by atoms with Crippen LogP contribution >= 0.6 is 15.9 Å². The Morgan fingerprint density at radius 2 is 1.54 bits per heavy atom. The molecule has 0 radical (unpaired) electrons. The predicted molar refractivity (Wildman–Crippen MR) is 98.2 cm³/mol. The molecule has 2 rings (SSSR count). The van der Waals surface area contributed by atoms with E-state index in [1.165, 1.54) is 0 Å². The lowest BCUT2D eigenvalue weighted by atomic mass is 9.90. The zero-order valence-corrected chi connectivity index (χ0v) is 15.3. The largest absolute Gasteiger partial charge is 0.497 e. The number of halogens is 1. The standard InChI is InChI=1S/C18H19BrN2O3/c1-18(2,17(23)21-15-7-5-4-6-14(15)19)16(22)20-12-8-10-13(24-3)11-9-12/h4-11H,1-3H3,(H,20,22)(H,21,23). The van der Waals surface area contributed by atoms with Crippen molar-refractivity contribution in [2.45, 2.75) is 13.8 Å². The maximum atomic E-state index is 12.5. The first kappa shape index (κ1) is 18.0. The molecule has 5 nitrogen and oxygen atoms in total. The Hall–Kier alpha value is -2.34. The number of methoxy groups -OCH3 is 1. The maximum Gasteiger partial charge on any atom is 0.239 e. The molecule has 0 heterocycles. The molecule has 0 saturated carbocycles. The fourth-order valence-corrected chi connectivity index (χ4v) is 2.29. The number of ether oxygens (including phenoxy) is 1. The molecule has 6 heteroatoms. The van der Waals surface area contributed by atoms with Gasteiger partial charge in [-0.1, -0.05) is 12.1 Å². The smallest absolute Gasteiger partial charge is 0.239 e. The fourth-order valence-electron chi connectivity index (χ4n) is 1.91. The molecule has 0 saturated heterocycles. The summed E-state index contributed by atoms with van der Waals surface area (Å²) in [5.74, 6) is -0.0865. The number of hydrogen-bond acceptors (Lipinski definition) is 3. The molecular weight excluding hydrogens is 372 g/mol. The van der Waals surface area contributed by atoms with Gasteiger partial charge in [0.2, 0.25) is 11.8 Å². The highest BCUT2D eigenvalue weighted by molar-refractivity contribution is 9.10. The van der Waals surface area contributed by atoms with Crippen molar-refractivity contribution in [2.75, 3.05) is 17.7 Å². The van der Waals surface area contributed by atoms with E-state index in [0.29, 0.717) is 17.1 Å². The van der Waals surface area contributed by atoms with E-state index in [1.54, 1.807) is 51.3 Å². The average Bonchev–Trinajstić information content (AvgIpc) is 2.57. The number of nitrogens with one attached hydrogen (secondary N) is 2. The van der Waals surface area contributed by atoms with Gasteiger partial charge in [0.25, 0.3) is 0 Å². The van der Waals surface area contributed by atoms with Crippen LogP contribution < -0.4 is 15.4 Å². The second-order valence-electron chi connectivity index (χ2n) is 5.74. The van der Waals surface area contributed by atoms with Gasteiger partial charge in [-0.15, -0.1) is 0 Å². The summed E-state index contributed by atoms with van der Waals surface area (Å²) < 4.78 is 5.83. The molecule has 0 bridgehead atoms. The number of rotatable bonds is 5. The highest BCUT2D eigenvalue weighted by Crippen LogP contribution is 2.26. The van der Waals surface area contributed by atoms with Crippen LogP contribution in [0.3, 0.4) is 0 Å². The zero-order chi connectivity index (χ0) is 17.7. The second kappa shape index (κ2) is 7.49. The molecule has 24 heavy (non-hydrogen) atoms. The molecule has 0 atom stereocenters. The fraction of sp³-hybridized carbons (Fsp3) is 0.222. The number of amides is 2. The van der Waals surface area contributed by atoms with Crippen molar-refractivity contribution < 1.29 is 14.3 Å². The number of benzene rings is 2. The SMILES string of the molecule is COc1ccc(NC(=O)C(C)(C)C(=O)Nc2ccccc2Br)cc1. The van der Waals surface area contributed by atoms with Gasteiger partial charge in [-0.3, -0.25) is 9.59 Å². The predicted octanol–water partition coefficient (Wildman–Crippen LogP) is 4.06. The lowest BCUT2D eigenvalue weighted by Crippen LogP contribution is -2.41. The highest BCUT2D eigenvalue weighted by Gasteiger charge is 2.36. The number of anilines is 2. The molecular formula is C18H19BrN2O3. The summed E-state index contributed by atoms with van der Waals surface area (Å²) in [7, 11) is 1.57. The van der Waals surface area contributed by atoms with Crippen LogP contribution in [0, 0.1) is 5.41 Å². The third-order valence-corrected chi connectivity index (χ3v) is 4.30. The number of carbonyl (C=O) groups excluding carboxylic acids is 2. The topological polar surface area (TPSA) is 67.4 Å². The normalized spacial score (nSPS) is 10.8. The van der Waals surface area contributed by atoms with E-state index >= 15 is 0 Å². The van der Waals surface area contributed by atoms with Gasteiger partial charge in [0.15, 0.2) is 0 Å². The van der Waals surface area contributed by atoms with Crippen molar-refractivity contribution >= 4 is 39.1 Å². The number of carbonyl (C=O) groups is 2. The summed E-state index contributed by atoms with van der Waals surface area (Å²) >= 11 is 3.37. The van der Waals surface area contributed by atoms with Crippen molar-refractivity contribution in [2.24, 2.45) is 5.41 Å². The average molecular weight is 391 g/mol. The summed E-state index contributed by atoms with van der Waals surface area (Å²) in [6.45, 7) is 3.16. The summed E-state index contributed by atoms with van der Waals surface area (Å²) in [5.41, 5.74) is -0.0229. The van der Waals surface area contributed by atoms with E-state index in [-0.39, 0.29) is 5.91 Å². The van der Waals surface area contributed by atoms with Crippen molar-refractivity contribution in [3.05, 3.63) is 53.0 Å². The van der Waals surface area contributed by atoms with Crippen LogP contribution in [0.1, 0.15) is 13.8 Å². The molecule has 0 spiro atoms. The van der Waals surface area contributed by atoms with Crippen LogP contribution in [0.15, 0.2) is 53.0 Å². The molecule has 126 valence electrons. The second-order valence-corrected chi connectivity index (χ2v) is 6.60. The Bertz CT molecular complexity index is 742. The molecule has 0 fully saturated rings. The molecule has 0 unspecified atom stereocenters. The van der Waals surface area contributed by atoms with E-state index in [4.69, 9.17) is 4.74 Å². The minimum absolute atomic E-state index is 0.389. The van der Waals surface area contributed by atoms with E-state index < -0.39 is 11.3 Å². The van der Waals surface area contributed by atoms with Crippen LogP contribution in [0.2, 0.25) is 0 Å². The molecule has 2 aromatic carbocycles. The molecule has 2 aromatic rings. The molecule has 0 aliphatic heterocycles. The Morgan fingerprint density at radius 3 is 2.12 bits per heavy atom. The van der Waals surface area contributed by atoms with Gasteiger partial charge in [0.1, 0.15) is 11.2 Å². The first-order chi connectivity index (χ1) is 11.3. The molecule has 2 amide bonds. The molecule has 0 aromatic heterocycles. The van der Waals surface area contributed by atoms with Crippen LogP contribution in [-0.4, -0.2) is 18.9 Å².